The highest BCUT2D eigenvalue weighted by Gasteiger charge is 2.34. The minimum Gasteiger partial charge on any atom is -0.381 e. The van der Waals surface area contributed by atoms with Crippen molar-refractivity contribution in [1.82, 2.24) is 15.3 Å². The van der Waals surface area contributed by atoms with Crippen LogP contribution in [-0.2, 0) is 10.2 Å². The van der Waals surface area contributed by atoms with Crippen molar-refractivity contribution in [2.75, 3.05) is 61.1 Å². The van der Waals surface area contributed by atoms with E-state index in [1.54, 1.807) is 0 Å². The molecule has 38 heavy (non-hydrogen) atoms. The summed E-state index contributed by atoms with van der Waals surface area (Å²) in [7, 11) is 0. The fraction of sp³-hybridized carbons (Fsp3) is 0.621. The molecule has 0 amide bonds. The Morgan fingerprint density at radius 2 is 1.66 bits per heavy atom. The number of benzene rings is 1. The second-order valence-corrected chi connectivity index (χ2v) is 11.6. The van der Waals surface area contributed by atoms with E-state index >= 15 is 0 Å². The van der Waals surface area contributed by atoms with Gasteiger partial charge in [0.1, 0.15) is 17.5 Å². The number of aromatic nitrogens is 2. The molecular weight excluding hydrogens is 499 g/mol. The van der Waals surface area contributed by atoms with E-state index in [2.05, 4.69) is 33.4 Å². The van der Waals surface area contributed by atoms with Crippen molar-refractivity contribution < 1.29 is 9.13 Å². The summed E-state index contributed by atoms with van der Waals surface area (Å²) in [5.74, 6) is 2.93. The van der Waals surface area contributed by atoms with E-state index in [1.807, 2.05) is 12.1 Å². The van der Waals surface area contributed by atoms with Crippen molar-refractivity contribution in [3.8, 4) is 0 Å². The van der Waals surface area contributed by atoms with Crippen LogP contribution < -0.4 is 20.4 Å². The summed E-state index contributed by atoms with van der Waals surface area (Å²) in [5, 5.41) is 7.24. The molecule has 9 heteroatoms. The molecule has 4 heterocycles. The van der Waals surface area contributed by atoms with Gasteiger partial charge in [-0.05, 0) is 74.4 Å². The van der Waals surface area contributed by atoms with Crippen LogP contribution in [-0.4, -0.2) is 61.0 Å². The van der Waals surface area contributed by atoms with Crippen molar-refractivity contribution >= 4 is 34.9 Å². The van der Waals surface area contributed by atoms with Crippen LogP contribution in [0.25, 0.3) is 0 Å². The second-order valence-electron chi connectivity index (χ2n) is 11.2. The number of hydrogen-bond acceptors (Lipinski definition) is 6. The van der Waals surface area contributed by atoms with Crippen LogP contribution in [0, 0.1) is 11.7 Å². The lowest BCUT2D eigenvalue weighted by Gasteiger charge is -2.38. The first-order valence-corrected chi connectivity index (χ1v) is 14.7. The molecule has 0 aliphatic carbocycles. The van der Waals surface area contributed by atoms with Crippen LogP contribution in [0.15, 0.2) is 30.3 Å². The van der Waals surface area contributed by atoms with Crippen LogP contribution in [0.3, 0.4) is 0 Å². The van der Waals surface area contributed by atoms with Crippen LogP contribution >= 0.6 is 12.2 Å². The SMILES string of the molecule is C[C@H]1CCCN(c2cc(N3CCCCCC3)nc(NC(=S)NCC3(c4ccc(F)cc4)CCOCC3)n2)C1. The molecule has 3 saturated heterocycles. The zero-order chi connectivity index (χ0) is 26.4. The van der Waals surface area contributed by atoms with E-state index < -0.39 is 0 Å². The maximum absolute atomic E-state index is 13.6. The summed E-state index contributed by atoms with van der Waals surface area (Å²) in [6.45, 7) is 8.39. The Labute approximate surface area is 231 Å². The third-order valence-corrected chi connectivity index (χ3v) is 8.58. The second kappa shape index (κ2) is 12.6. The Bertz CT molecular complexity index is 1050. The Morgan fingerprint density at radius 3 is 2.34 bits per heavy atom. The number of nitrogens with one attached hydrogen (secondary N) is 2. The van der Waals surface area contributed by atoms with Crippen LogP contribution in [0.4, 0.5) is 22.0 Å². The number of nitrogens with zero attached hydrogens (tertiary/aromatic N) is 4. The normalized spacial score (nSPS) is 22.0. The van der Waals surface area contributed by atoms with Crippen LogP contribution in [0.1, 0.15) is 63.9 Å². The van der Waals surface area contributed by atoms with Gasteiger partial charge in [0.15, 0.2) is 5.11 Å². The molecule has 0 saturated carbocycles. The number of hydrogen-bond donors (Lipinski definition) is 2. The molecule has 3 aliphatic heterocycles. The van der Waals surface area contributed by atoms with Gasteiger partial charge in [0.25, 0.3) is 0 Å². The average molecular weight is 541 g/mol. The van der Waals surface area contributed by atoms with Gasteiger partial charge in [-0.2, -0.15) is 9.97 Å². The summed E-state index contributed by atoms with van der Waals surface area (Å²) < 4.78 is 19.3. The van der Waals surface area contributed by atoms with Gasteiger partial charge in [0.05, 0.1) is 0 Å². The third kappa shape index (κ3) is 6.72. The largest absolute Gasteiger partial charge is 0.381 e. The molecule has 0 spiro atoms. The minimum atomic E-state index is -0.221. The minimum absolute atomic E-state index is 0.165. The molecular formula is C29H41FN6OS. The monoisotopic (exact) mass is 540 g/mol. The van der Waals surface area contributed by atoms with E-state index in [0.29, 0.717) is 36.7 Å². The summed E-state index contributed by atoms with van der Waals surface area (Å²) >= 11 is 5.74. The van der Waals surface area contributed by atoms with Crippen LogP contribution in [0.2, 0.25) is 0 Å². The maximum atomic E-state index is 13.6. The number of rotatable bonds is 6. The van der Waals surface area contributed by atoms with Gasteiger partial charge in [-0.25, -0.2) is 4.39 Å². The first kappa shape index (κ1) is 27.1. The van der Waals surface area contributed by atoms with Gasteiger partial charge in [-0.15, -0.1) is 0 Å². The Kier molecular flexibility index (Phi) is 8.94. The lowest BCUT2D eigenvalue weighted by Crippen LogP contribution is -2.45. The Morgan fingerprint density at radius 1 is 1.00 bits per heavy atom. The molecule has 1 atom stereocenters. The quantitative estimate of drug-likeness (QED) is 0.481. The van der Waals surface area contributed by atoms with Crippen LogP contribution in [0.5, 0.6) is 0 Å². The average Bonchev–Trinajstić information content (AvgIpc) is 3.23. The van der Waals surface area contributed by atoms with Gasteiger partial charge in [0.2, 0.25) is 5.95 Å². The highest BCUT2D eigenvalue weighted by molar-refractivity contribution is 7.80. The van der Waals surface area contributed by atoms with Gasteiger partial charge in [0, 0.05) is 57.4 Å². The fourth-order valence-electron chi connectivity index (χ4n) is 6.03. The molecule has 206 valence electrons. The molecule has 0 unspecified atom stereocenters. The fourth-order valence-corrected chi connectivity index (χ4v) is 6.19. The van der Waals surface area contributed by atoms with E-state index in [9.17, 15) is 4.39 Å². The first-order chi connectivity index (χ1) is 18.5. The maximum Gasteiger partial charge on any atom is 0.232 e. The van der Waals surface area contributed by atoms with E-state index in [-0.39, 0.29) is 11.2 Å². The zero-order valence-electron chi connectivity index (χ0n) is 22.6. The standard InChI is InChI=1S/C29H41FN6OS/c1-22-7-6-16-36(20-22)26-19-25(35-14-4-2-3-5-15-35)32-27(33-26)34-28(38)31-21-29(12-17-37-18-13-29)23-8-10-24(30)11-9-23/h8-11,19,22H,2-7,12-18,20-21H2,1H3,(H2,31,32,33,34,38)/t22-/m0/s1. The predicted octanol–water partition coefficient (Wildman–Crippen LogP) is 5.27. The number of thiocarbonyl (C=S) groups is 1. The molecule has 5 rings (SSSR count). The highest BCUT2D eigenvalue weighted by atomic mass is 32.1. The smallest absolute Gasteiger partial charge is 0.232 e. The molecule has 3 aliphatic rings. The Hall–Kier alpha value is -2.52. The number of ether oxygens (including phenoxy) is 1. The van der Waals surface area contributed by atoms with Crippen molar-refractivity contribution in [3.05, 3.63) is 41.7 Å². The van der Waals surface area contributed by atoms with Crippen molar-refractivity contribution in [2.45, 2.75) is 63.7 Å². The van der Waals surface area contributed by atoms with Gasteiger partial charge in [-0.1, -0.05) is 31.9 Å². The van der Waals surface area contributed by atoms with Gasteiger partial charge < -0.3 is 25.2 Å². The summed E-state index contributed by atoms with van der Waals surface area (Å²) in [6, 6.07) is 9.01. The van der Waals surface area contributed by atoms with E-state index in [4.69, 9.17) is 26.9 Å². The van der Waals surface area contributed by atoms with Gasteiger partial charge in [-0.3, -0.25) is 0 Å². The molecule has 3 fully saturated rings. The molecule has 2 N–H and O–H groups in total. The molecule has 0 radical (unpaired) electrons. The molecule has 2 aromatic rings. The van der Waals surface area contributed by atoms with E-state index in [0.717, 1.165) is 56.2 Å². The summed E-state index contributed by atoms with van der Waals surface area (Å²) in [6.07, 6.45) is 9.09. The first-order valence-electron chi connectivity index (χ1n) is 14.3. The molecule has 0 bridgehead atoms. The van der Waals surface area contributed by atoms with E-state index in [1.165, 1.54) is 50.7 Å². The highest BCUT2D eigenvalue weighted by Crippen LogP contribution is 2.34. The Balaban J connectivity index is 1.33. The zero-order valence-corrected chi connectivity index (χ0v) is 23.4. The van der Waals surface area contributed by atoms with Crippen molar-refractivity contribution in [1.29, 1.82) is 0 Å². The molecule has 1 aromatic heterocycles. The number of anilines is 3. The van der Waals surface area contributed by atoms with Gasteiger partial charge >= 0.3 is 0 Å². The number of piperidine rings is 1. The number of halogens is 1. The third-order valence-electron chi connectivity index (χ3n) is 8.33. The summed E-state index contributed by atoms with van der Waals surface area (Å²) in [4.78, 5) is 14.6. The lowest BCUT2D eigenvalue weighted by atomic mass is 9.74. The molecule has 1 aromatic carbocycles. The topological polar surface area (TPSA) is 65.5 Å². The van der Waals surface area contributed by atoms with Crippen molar-refractivity contribution in [2.24, 2.45) is 5.92 Å². The summed E-state index contributed by atoms with van der Waals surface area (Å²) in [5.41, 5.74) is 0.945. The van der Waals surface area contributed by atoms with Crippen molar-refractivity contribution in [3.63, 3.8) is 0 Å². The molecule has 7 nitrogen and oxygen atoms in total. The predicted molar refractivity (Wildman–Crippen MR) is 156 cm³/mol. The lowest BCUT2D eigenvalue weighted by molar-refractivity contribution is 0.0515.